The summed E-state index contributed by atoms with van der Waals surface area (Å²) in [5.41, 5.74) is 3.70. The lowest BCUT2D eigenvalue weighted by molar-refractivity contribution is -0.00809. The van der Waals surface area contributed by atoms with Gasteiger partial charge in [-0.25, -0.2) is 19.7 Å². The van der Waals surface area contributed by atoms with Crippen LogP contribution in [0.15, 0.2) is 58.0 Å². The Balaban J connectivity index is 1.21. The van der Waals surface area contributed by atoms with Gasteiger partial charge >= 0.3 is 5.76 Å². The third-order valence-corrected chi connectivity index (χ3v) is 6.69. The molecule has 6 heterocycles. The Morgan fingerprint density at radius 3 is 2.70 bits per heavy atom. The lowest BCUT2D eigenvalue weighted by Crippen LogP contribution is -2.52. The zero-order valence-corrected chi connectivity index (χ0v) is 18.5. The van der Waals surface area contributed by atoms with Crippen molar-refractivity contribution in [3.8, 4) is 17.1 Å². The number of ether oxygens (including phenoxy) is 1. The minimum absolute atomic E-state index is 0.227. The molecule has 3 aromatic heterocycles. The van der Waals surface area contributed by atoms with Crippen molar-refractivity contribution in [3.63, 3.8) is 0 Å². The summed E-state index contributed by atoms with van der Waals surface area (Å²) in [5, 5.41) is 0. The molecule has 0 N–H and O–H groups in total. The quantitative estimate of drug-likeness (QED) is 0.468. The molecule has 0 aliphatic carbocycles. The second-order valence-electron chi connectivity index (χ2n) is 8.97. The lowest BCUT2D eigenvalue weighted by atomic mass is 9.86. The number of hydrogen-bond donors (Lipinski definition) is 0. The molecular weight excluding hydrogens is 418 g/mol. The minimum atomic E-state index is -0.418. The van der Waals surface area contributed by atoms with Crippen molar-refractivity contribution in [2.45, 2.75) is 32.4 Å². The SMILES string of the molecule is Cc1ccc2oc(=O)n(Cc3cccc(-c4ncc(OC5CN6CCC5CC6)cn4)c3)c2n1. The predicted octanol–water partition coefficient (Wildman–Crippen LogP) is 3.28. The van der Waals surface area contributed by atoms with Crippen molar-refractivity contribution in [1.29, 1.82) is 0 Å². The highest BCUT2D eigenvalue weighted by molar-refractivity contribution is 5.68. The molecule has 2 bridgehead atoms. The first-order valence-corrected chi connectivity index (χ1v) is 11.4. The normalized spacial score (nSPS) is 22.0. The molecule has 3 aliphatic rings. The van der Waals surface area contributed by atoms with Gasteiger partial charge in [0.25, 0.3) is 0 Å². The molecule has 0 spiro atoms. The van der Waals surface area contributed by atoms with E-state index in [1.54, 1.807) is 23.0 Å². The van der Waals surface area contributed by atoms with Gasteiger partial charge in [0.05, 0.1) is 18.9 Å². The van der Waals surface area contributed by atoms with Crippen LogP contribution in [0.3, 0.4) is 0 Å². The summed E-state index contributed by atoms with van der Waals surface area (Å²) >= 11 is 0. The van der Waals surface area contributed by atoms with E-state index in [0.29, 0.717) is 35.3 Å². The number of hydrogen-bond acceptors (Lipinski definition) is 7. The molecule has 7 rings (SSSR count). The average molecular weight is 444 g/mol. The summed E-state index contributed by atoms with van der Waals surface area (Å²) in [6, 6.07) is 11.5. The maximum atomic E-state index is 12.4. The van der Waals surface area contributed by atoms with Crippen LogP contribution in [0.5, 0.6) is 5.75 Å². The molecule has 168 valence electrons. The number of rotatable bonds is 5. The Morgan fingerprint density at radius 2 is 1.94 bits per heavy atom. The van der Waals surface area contributed by atoms with E-state index >= 15 is 0 Å². The Kier molecular flexibility index (Phi) is 4.95. The smallest absolute Gasteiger partial charge is 0.421 e. The van der Waals surface area contributed by atoms with Crippen molar-refractivity contribution >= 4 is 11.2 Å². The van der Waals surface area contributed by atoms with E-state index in [2.05, 4.69) is 19.9 Å². The largest absolute Gasteiger partial charge is 0.486 e. The van der Waals surface area contributed by atoms with E-state index in [9.17, 15) is 4.79 Å². The van der Waals surface area contributed by atoms with Crippen LogP contribution in [0.4, 0.5) is 0 Å². The summed E-state index contributed by atoms with van der Waals surface area (Å²) < 4.78 is 13.1. The molecule has 0 radical (unpaired) electrons. The van der Waals surface area contributed by atoms with Crippen LogP contribution >= 0.6 is 0 Å². The van der Waals surface area contributed by atoms with Gasteiger partial charge in [-0.3, -0.25) is 9.47 Å². The molecule has 4 aromatic rings. The number of oxazole rings is 1. The van der Waals surface area contributed by atoms with Gasteiger partial charge in [-0.05, 0) is 62.5 Å². The molecule has 33 heavy (non-hydrogen) atoms. The van der Waals surface area contributed by atoms with Crippen LogP contribution in [0.2, 0.25) is 0 Å². The molecular formula is C25H25N5O3. The van der Waals surface area contributed by atoms with Gasteiger partial charge in [-0.1, -0.05) is 18.2 Å². The summed E-state index contributed by atoms with van der Waals surface area (Å²) in [4.78, 5) is 28.4. The Morgan fingerprint density at radius 1 is 1.12 bits per heavy atom. The van der Waals surface area contributed by atoms with Gasteiger partial charge in [0.2, 0.25) is 0 Å². The van der Waals surface area contributed by atoms with E-state index < -0.39 is 5.76 Å². The van der Waals surface area contributed by atoms with E-state index in [0.717, 1.165) is 23.4 Å². The molecule has 8 heteroatoms. The highest BCUT2D eigenvalue weighted by Gasteiger charge is 2.35. The maximum absolute atomic E-state index is 12.4. The molecule has 3 aliphatic heterocycles. The van der Waals surface area contributed by atoms with Crippen LogP contribution in [0.1, 0.15) is 24.1 Å². The van der Waals surface area contributed by atoms with Crippen LogP contribution in [0, 0.1) is 12.8 Å². The van der Waals surface area contributed by atoms with Crippen molar-refractivity contribution < 1.29 is 9.15 Å². The number of nitrogens with zero attached hydrogens (tertiary/aromatic N) is 5. The van der Waals surface area contributed by atoms with E-state index in [4.69, 9.17) is 9.15 Å². The Labute approximate surface area is 190 Å². The third kappa shape index (κ3) is 3.91. The first-order valence-electron chi connectivity index (χ1n) is 11.4. The molecule has 1 unspecified atom stereocenters. The second-order valence-corrected chi connectivity index (χ2v) is 8.97. The topological polar surface area (TPSA) is 86.3 Å². The molecule has 0 amide bonds. The van der Waals surface area contributed by atoms with Crippen LogP contribution in [-0.4, -0.2) is 50.2 Å². The summed E-state index contributed by atoms with van der Waals surface area (Å²) in [6.45, 7) is 5.62. The molecule has 3 saturated heterocycles. The van der Waals surface area contributed by atoms with Gasteiger partial charge in [-0.2, -0.15) is 0 Å². The Hall–Kier alpha value is -3.52. The van der Waals surface area contributed by atoms with E-state index in [-0.39, 0.29) is 6.10 Å². The van der Waals surface area contributed by atoms with Crippen LogP contribution in [-0.2, 0) is 6.54 Å². The highest BCUT2D eigenvalue weighted by Crippen LogP contribution is 2.30. The maximum Gasteiger partial charge on any atom is 0.421 e. The van der Waals surface area contributed by atoms with Crippen LogP contribution < -0.4 is 10.5 Å². The fourth-order valence-corrected chi connectivity index (χ4v) is 4.91. The molecule has 3 fully saturated rings. The van der Waals surface area contributed by atoms with Gasteiger partial charge < -0.3 is 9.15 Å². The first kappa shape index (κ1) is 20.1. The van der Waals surface area contributed by atoms with Crippen molar-refractivity contribution in [2.24, 2.45) is 5.92 Å². The first-order chi connectivity index (χ1) is 16.1. The van der Waals surface area contributed by atoms with Gasteiger partial charge in [0.15, 0.2) is 22.8 Å². The monoisotopic (exact) mass is 443 g/mol. The zero-order chi connectivity index (χ0) is 22.4. The third-order valence-electron chi connectivity index (χ3n) is 6.69. The van der Waals surface area contributed by atoms with Gasteiger partial charge in [-0.15, -0.1) is 0 Å². The van der Waals surface area contributed by atoms with Crippen molar-refractivity contribution in [1.82, 2.24) is 24.4 Å². The number of aryl methyl sites for hydroxylation is 1. The molecule has 1 atom stereocenters. The van der Waals surface area contributed by atoms with Crippen molar-refractivity contribution in [3.05, 3.63) is 70.6 Å². The molecule has 0 saturated carbocycles. The van der Waals surface area contributed by atoms with Crippen molar-refractivity contribution in [2.75, 3.05) is 19.6 Å². The van der Waals surface area contributed by atoms with Gasteiger partial charge in [0, 0.05) is 17.8 Å². The zero-order valence-electron chi connectivity index (χ0n) is 18.5. The Bertz CT molecular complexity index is 1350. The molecule has 1 aromatic carbocycles. The molecule has 8 nitrogen and oxygen atoms in total. The summed E-state index contributed by atoms with van der Waals surface area (Å²) in [6.07, 6.45) is 6.16. The predicted molar refractivity (Wildman–Crippen MR) is 123 cm³/mol. The van der Waals surface area contributed by atoms with Gasteiger partial charge in [0.1, 0.15) is 6.10 Å². The number of benzene rings is 1. The standard InChI is InChI=1S/C25H25N5O3/c1-16-5-6-21-24(28-16)30(25(31)33-21)14-17-3-2-4-19(11-17)23-26-12-20(13-27-23)32-22-15-29-9-7-18(22)8-10-29/h2-6,11-13,18,22H,7-10,14-15H2,1H3. The minimum Gasteiger partial charge on any atom is -0.486 e. The fourth-order valence-electron chi connectivity index (χ4n) is 4.91. The second kappa shape index (κ2) is 8.12. The number of aromatic nitrogens is 4. The highest BCUT2D eigenvalue weighted by atomic mass is 16.5. The number of piperidine rings is 3. The summed E-state index contributed by atoms with van der Waals surface area (Å²) in [5.74, 6) is 1.55. The van der Waals surface area contributed by atoms with Crippen LogP contribution in [0.25, 0.3) is 22.6 Å². The number of pyridine rings is 1. The van der Waals surface area contributed by atoms with E-state index in [1.165, 1.54) is 25.9 Å². The fraction of sp³-hybridized carbons (Fsp3) is 0.360. The average Bonchev–Trinajstić information content (AvgIpc) is 3.15. The summed E-state index contributed by atoms with van der Waals surface area (Å²) in [7, 11) is 0. The van der Waals surface area contributed by atoms with E-state index in [1.807, 2.05) is 37.3 Å². The number of fused-ring (bicyclic) bond motifs is 4. The lowest BCUT2D eigenvalue weighted by Gasteiger charge is -2.44.